The molecule has 1 N–H and O–H groups in total. The Morgan fingerprint density at radius 1 is 1.12 bits per heavy atom. The Morgan fingerprint density at radius 2 is 1.88 bits per heavy atom. The molecule has 0 saturated carbocycles. The molecule has 0 aromatic heterocycles. The fourth-order valence-electron chi connectivity index (χ4n) is 3.18. The highest BCUT2D eigenvalue weighted by Crippen LogP contribution is 2.21. The molecule has 2 saturated heterocycles. The molecular formula is C13H27N3. The summed E-state index contributed by atoms with van der Waals surface area (Å²) in [6.07, 6.45) is 5.41. The van der Waals surface area contributed by atoms with Crippen LogP contribution in [0.15, 0.2) is 0 Å². The second-order valence-electron chi connectivity index (χ2n) is 5.34. The summed E-state index contributed by atoms with van der Waals surface area (Å²) in [5.41, 5.74) is 0. The summed E-state index contributed by atoms with van der Waals surface area (Å²) >= 11 is 0. The first-order valence-corrected chi connectivity index (χ1v) is 6.97. The fraction of sp³-hybridized carbons (Fsp3) is 1.00. The average molecular weight is 225 g/mol. The molecule has 2 aliphatic heterocycles. The van der Waals surface area contributed by atoms with Crippen molar-refractivity contribution in [2.75, 3.05) is 39.8 Å². The molecule has 1 atom stereocenters. The Bertz CT molecular complexity index is 199. The second kappa shape index (κ2) is 5.99. The van der Waals surface area contributed by atoms with E-state index in [1.54, 1.807) is 0 Å². The maximum atomic E-state index is 3.41. The number of hydrogen-bond acceptors (Lipinski definition) is 3. The number of hydrogen-bond donors (Lipinski definition) is 1. The number of nitrogens with one attached hydrogen (secondary N) is 1. The van der Waals surface area contributed by atoms with Gasteiger partial charge >= 0.3 is 0 Å². The van der Waals surface area contributed by atoms with E-state index in [9.17, 15) is 0 Å². The maximum absolute atomic E-state index is 3.41. The van der Waals surface area contributed by atoms with E-state index in [4.69, 9.17) is 0 Å². The molecule has 2 heterocycles. The summed E-state index contributed by atoms with van der Waals surface area (Å²) in [6, 6.07) is 1.61. The minimum absolute atomic E-state index is 0.744. The lowest BCUT2D eigenvalue weighted by molar-refractivity contribution is 0.125. The van der Waals surface area contributed by atoms with Gasteiger partial charge in [0.1, 0.15) is 0 Å². The highest BCUT2D eigenvalue weighted by Gasteiger charge is 2.29. The van der Waals surface area contributed by atoms with Crippen molar-refractivity contribution in [3.63, 3.8) is 0 Å². The van der Waals surface area contributed by atoms with Crippen molar-refractivity contribution in [3.05, 3.63) is 0 Å². The van der Waals surface area contributed by atoms with E-state index < -0.39 is 0 Å². The van der Waals surface area contributed by atoms with Crippen molar-refractivity contribution < 1.29 is 0 Å². The minimum Gasteiger partial charge on any atom is -0.316 e. The van der Waals surface area contributed by atoms with Crippen molar-refractivity contribution in [2.24, 2.45) is 0 Å². The van der Waals surface area contributed by atoms with Crippen LogP contribution >= 0.6 is 0 Å². The molecule has 0 aliphatic carbocycles. The van der Waals surface area contributed by atoms with Gasteiger partial charge in [0.05, 0.1) is 0 Å². The van der Waals surface area contributed by atoms with Gasteiger partial charge in [0.2, 0.25) is 0 Å². The Balaban J connectivity index is 1.72. The number of rotatable bonds is 4. The van der Waals surface area contributed by atoms with Gasteiger partial charge in [-0.05, 0) is 52.4 Å². The van der Waals surface area contributed by atoms with Crippen LogP contribution in [0, 0.1) is 0 Å². The summed E-state index contributed by atoms with van der Waals surface area (Å²) in [7, 11) is 2.10. The molecule has 3 heteroatoms. The number of piperidine rings is 1. The molecule has 0 aromatic carbocycles. The van der Waals surface area contributed by atoms with Gasteiger partial charge in [-0.1, -0.05) is 6.92 Å². The van der Waals surface area contributed by atoms with E-state index in [1.807, 2.05) is 0 Å². The molecule has 0 radical (unpaired) electrons. The molecule has 2 rings (SSSR count). The van der Waals surface area contributed by atoms with E-state index in [0.29, 0.717) is 0 Å². The fourth-order valence-corrected chi connectivity index (χ4v) is 3.18. The molecule has 0 bridgehead atoms. The Kier molecular flexibility index (Phi) is 4.62. The third-order valence-corrected chi connectivity index (χ3v) is 4.24. The van der Waals surface area contributed by atoms with Crippen LogP contribution in [0.1, 0.15) is 32.6 Å². The smallest absolute Gasteiger partial charge is 0.0204 e. The van der Waals surface area contributed by atoms with Crippen LogP contribution in [-0.2, 0) is 0 Å². The van der Waals surface area contributed by atoms with Crippen LogP contribution in [0.5, 0.6) is 0 Å². The average Bonchev–Trinajstić information content (AvgIpc) is 2.79. The summed E-state index contributed by atoms with van der Waals surface area (Å²) < 4.78 is 0. The van der Waals surface area contributed by atoms with Crippen molar-refractivity contribution in [1.29, 1.82) is 0 Å². The highest BCUT2D eigenvalue weighted by molar-refractivity contribution is 4.87. The van der Waals surface area contributed by atoms with Gasteiger partial charge in [0.25, 0.3) is 0 Å². The first kappa shape index (κ1) is 12.3. The zero-order chi connectivity index (χ0) is 11.4. The van der Waals surface area contributed by atoms with E-state index in [1.165, 1.54) is 58.4 Å². The lowest BCUT2D eigenvalue weighted by atomic mass is 10.0. The minimum atomic E-state index is 0.744. The predicted octanol–water partition coefficient (Wildman–Crippen LogP) is 1.15. The third-order valence-electron chi connectivity index (χ3n) is 4.24. The molecule has 2 aliphatic rings. The zero-order valence-corrected chi connectivity index (χ0v) is 10.9. The molecule has 1 unspecified atom stereocenters. The quantitative estimate of drug-likeness (QED) is 0.774. The highest BCUT2D eigenvalue weighted by atomic mass is 15.2. The molecule has 0 aromatic rings. The third kappa shape index (κ3) is 2.96. The molecule has 0 spiro atoms. The van der Waals surface area contributed by atoms with Gasteiger partial charge in [-0.15, -0.1) is 0 Å². The largest absolute Gasteiger partial charge is 0.316 e. The van der Waals surface area contributed by atoms with Crippen LogP contribution in [0.4, 0.5) is 0 Å². The standard InChI is InChI=1S/C13H27N3/c1-3-7-15-8-5-13(6-9-15)16-10-4-12(11-16)14-2/h12-14H,3-11H2,1-2H3. The Labute approximate surface area is 100 Å². The van der Waals surface area contributed by atoms with E-state index >= 15 is 0 Å². The monoisotopic (exact) mass is 225 g/mol. The molecule has 0 amide bonds. The van der Waals surface area contributed by atoms with Gasteiger partial charge in [-0.2, -0.15) is 0 Å². The number of nitrogens with zero attached hydrogens (tertiary/aromatic N) is 2. The van der Waals surface area contributed by atoms with Crippen molar-refractivity contribution in [2.45, 2.75) is 44.7 Å². The lowest BCUT2D eigenvalue weighted by Crippen LogP contribution is -2.45. The van der Waals surface area contributed by atoms with Crippen molar-refractivity contribution in [1.82, 2.24) is 15.1 Å². The van der Waals surface area contributed by atoms with E-state index in [0.717, 1.165) is 12.1 Å². The first-order valence-electron chi connectivity index (χ1n) is 6.97. The van der Waals surface area contributed by atoms with Gasteiger partial charge in [0.15, 0.2) is 0 Å². The van der Waals surface area contributed by atoms with Gasteiger partial charge in [0, 0.05) is 25.2 Å². The topological polar surface area (TPSA) is 18.5 Å². The summed E-state index contributed by atoms with van der Waals surface area (Å²) in [5.74, 6) is 0. The molecule has 2 fully saturated rings. The van der Waals surface area contributed by atoms with Crippen LogP contribution in [-0.4, -0.2) is 61.7 Å². The number of likely N-dealkylation sites (N-methyl/N-ethyl adjacent to an activating group) is 1. The van der Waals surface area contributed by atoms with Crippen LogP contribution < -0.4 is 5.32 Å². The van der Waals surface area contributed by atoms with E-state index in [2.05, 4.69) is 29.1 Å². The lowest BCUT2D eigenvalue weighted by Gasteiger charge is -2.36. The normalized spacial score (nSPS) is 30.0. The summed E-state index contributed by atoms with van der Waals surface area (Å²) in [5, 5.41) is 3.41. The molecular weight excluding hydrogens is 198 g/mol. The summed E-state index contributed by atoms with van der Waals surface area (Å²) in [6.45, 7) is 8.80. The SMILES string of the molecule is CCCN1CCC(N2CCC(NC)C2)CC1. The maximum Gasteiger partial charge on any atom is 0.0204 e. The first-order chi connectivity index (χ1) is 7.83. The molecule has 3 nitrogen and oxygen atoms in total. The predicted molar refractivity (Wildman–Crippen MR) is 68.8 cm³/mol. The molecule has 16 heavy (non-hydrogen) atoms. The van der Waals surface area contributed by atoms with Crippen molar-refractivity contribution in [3.8, 4) is 0 Å². The Hall–Kier alpha value is -0.120. The summed E-state index contributed by atoms with van der Waals surface area (Å²) in [4.78, 5) is 5.34. The van der Waals surface area contributed by atoms with Gasteiger partial charge < -0.3 is 10.2 Å². The van der Waals surface area contributed by atoms with Crippen LogP contribution in [0.2, 0.25) is 0 Å². The van der Waals surface area contributed by atoms with Crippen molar-refractivity contribution >= 4 is 0 Å². The number of likely N-dealkylation sites (tertiary alicyclic amines) is 2. The van der Waals surface area contributed by atoms with Crippen LogP contribution in [0.25, 0.3) is 0 Å². The van der Waals surface area contributed by atoms with E-state index in [-0.39, 0.29) is 0 Å². The van der Waals surface area contributed by atoms with Gasteiger partial charge in [-0.3, -0.25) is 4.90 Å². The second-order valence-corrected chi connectivity index (χ2v) is 5.34. The Morgan fingerprint density at radius 3 is 2.44 bits per heavy atom. The molecule has 94 valence electrons. The van der Waals surface area contributed by atoms with Crippen LogP contribution in [0.3, 0.4) is 0 Å². The zero-order valence-electron chi connectivity index (χ0n) is 10.9. The van der Waals surface area contributed by atoms with Gasteiger partial charge in [-0.25, -0.2) is 0 Å².